The Kier molecular flexibility index (Phi) is 6.59. The molecule has 1 saturated heterocycles. The highest BCUT2D eigenvalue weighted by Crippen LogP contribution is 2.18. The van der Waals surface area contributed by atoms with E-state index in [-0.39, 0.29) is 5.91 Å². The van der Waals surface area contributed by atoms with Gasteiger partial charge in [0.25, 0.3) is 5.91 Å². The molecule has 0 bridgehead atoms. The highest BCUT2D eigenvalue weighted by Gasteiger charge is 2.35. The Morgan fingerprint density at radius 2 is 1.82 bits per heavy atom. The van der Waals surface area contributed by atoms with E-state index in [0.29, 0.717) is 19.1 Å². The third-order valence-corrected chi connectivity index (χ3v) is 4.21. The van der Waals surface area contributed by atoms with Gasteiger partial charge in [0.15, 0.2) is 0 Å². The molecule has 1 aliphatic rings. The van der Waals surface area contributed by atoms with E-state index >= 15 is 0 Å². The lowest BCUT2D eigenvalue weighted by molar-refractivity contribution is -0.157. The predicted molar refractivity (Wildman–Crippen MR) is 88.8 cm³/mol. The Morgan fingerprint density at radius 1 is 1.27 bits per heavy atom. The van der Waals surface area contributed by atoms with Crippen molar-refractivity contribution < 1.29 is 14.6 Å². The lowest BCUT2D eigenvalue weighted by atomic mass is 10.0. The average molecular weight is 312 g/mol. The molecule has 0 aliphatic carbocycles. The summed E-state index contributed by atoms with van der Waals surface area (Å²) in [6.07, 6.45) is 2.44. The van der Waals surface area contributed by atoms with E-state index in [9.17, 15) is 9.90 Å². The highest BCUT2D eigenvalue weighted by atomic mass is 16.5. The van der Waals surface area contributed by atoms with Gasteiger partial charge in [-0.3, -0.25) is 9.69 Å². The van der Waals surface area contributed by atoms with Crippen LogP contribution < -0.4 is 0 Å². The number of ether oxygens (including phenoxy) is 1. The lowest BCUT2D eigenvalue weighted by Gasteiger charge is -2.40. The minimum atomic E-state index is -0.850. The van der Waals surface area contributed by atoms with Crippen LogP contribution in [0.5, 0.6) is 0 Å². The van der Waals surface area contributed by atoms with Gasteiger partial charge in [-0.05, 0) is 41.0 Å². The van der Waals surface area contributed by atoms with Gasteiger partial charge in [-0.2, -0.15) is 0 Å². The summed E-state index contributed by atoms with van der Waals surface area (Å²) in [5, 5.41) is 9.72. The molecule has 0 radical (unpaired) electrons. The molecule has 1 unspecified atom stereocenters. The van der Waals surface area contributed by atoms with Crippen molar-refractivity contribution in [2.75, 3.05) is 32.8 Å². The zero-order valence-electron chi connectivity index (χ0n) is 14.8. The Bertz CT molecular complexity index is 380. The van der Waals surface area contributed by atoms with Gasteiger partial charge in [0.1, 0.15) is 5.60 Å². The number of rotatable bonds is 7. The third-order valence-electron chi connectivity index (χ3n) is 4.21. The number of nitrogens with zero attached hydrogens (tertiary/aromatic N) is 2. The maximum atomic E-state index is 12.6. The third kappa shape index (κ3) is 5.71. The fourth-order valence-electron chi connectivity index (χ4n) is 2.48. The molecule has 22 heavy (non-hydrogen) atoms. The smallest absolute Gasteiger partial charge is 0.254 e. The Labute approximate surface area is 134 Å². The van der Waals surface area contributed by atoms with Gasteiger partial charge in [0.05, 0.1) is 12.2 Å². The number of piperazine rings is 1. The van der Waals surface area contributed by atoms with Gasteiger partial charge >= 0.3 is 0 Å². The van der Waals surface area contributed by atoms with E-state index in [1.165, 1.54) is 0 Å². The van der Waals surface area contributed by atoms with Crippen molar-refractivity contribution in [3.8, 4) is 0 Å². The van der Waals surface area contributed by atoms with Crippen LogP contribution in [0.4, 0.5) is 0 Å². The van der Waals surface area contributed by atoms with Crippen LogP contribution in [0.3, 0.4) is 0 Å². The predicted octanol–water partition coefficient (Wildman–Crippen LogP) is 1.66. The van der Waals surface area contributed by atoms with Crippen molar-refractivity contribution in [2.45, 2.75) is 58.3 Å². The van der Waals surface area contributed by atoms with E-state index in [4.69, 9.17) is 4.74 Å². The topological polar surface area (TPSA) is 53.0 Å². The summed E-state index contributed by atoms with van der Waals surface area (Å²) in [4.78, 5) is 16.8. The number of amides is 1. The van der Waals surface area contributed by atoms with Crippen LogP contribution >= 0.6 is 0 Å². The van der Waals surface area contributed by atoms with Crippen molar-refractivity contribution >= 4 is 5.91 Å². The van der Waals surface area contributed by atoms with E-state index in [0.717, 1.165) is 26.2 Å². The number of aliphatic hydroxyl groups is 1. The second-order valence-electron chi connectivity index (χ2n) is 7.23. The summed E-state index contributed by atoms with van der Waals surface area (Å²) in [5.74, 6) is 0.0224. The van der Waals surface area contributed by atoms with Crippen molar-refractivity contribution in [3.05, 3.63) is 12.7 Å². The maximum Gasteiger partial charge on any atom is 0.254 e. The minimum absolute atomic E-state index is 0.0224. The molecule has 1 heterocycles. The van der Waals surface area contributed by atoms with Crippen molar-refractivity contribution in [1.29, 1.82) is 0 Å². The highest BCUT2D eigenvalue weighted by molar-refractivity contribution is 5.84. The Morgan fingerprint density at radius 3 is 2.27 bits per heavy atom. The number of hydrogen-bond donors (Lipinski definition) is 1. The first-order valence-electron chi connectivity index (χ1n) is 8.09. The van der Waals surface area contributed by atoms with Gasteiger partial charge < -0.3 is 14.7 Å². The van der Waals surface area contributed by atoms with Crippen molar-refractivity contribution in [1.82, 2.24) is 9.80 Å². The first kappa shape index (κ1) is 19.1. The van der Waals surface area contributed by atoms with Gasteiger partial charge in [-0.15, -0.1) is 6.58 Å². The summed E-state index contributed by atoms with van der Waals surface area (Å²) in [6.45, 7) is 16.6. The maximum absolute atomic E-state index is 12.6. The lowest BCUT2D eigenvalue weighted by Crippen LogP contribution is -2.56. The first-order chi connectivity index (χ1) is 10.1. The molecule has 0 aromatic heterocycles. The fourth-order valence-corrected chi connectivity index (χ4v) is 2.48. The normalized spacial score (nSPS) is 19.1. The summed E-state index contributed by atoms with van der Waals surface area (Å²) >= 11 is 0. The molecule has 1 aliphatic heterocycles. The molecule has 0 saturated carbocycles. The van der Waals surface area contributed by atoms with Crippen LogP contribution in [0.1, 0.15) is 41.0 Å². The number of carbonyl (C=O) groups is 1. The Balaban J connectivity index is 2.48. The van der Waals surface area contributed by atoms with Crippen LogP contribution in [0, 0.1) is 0 Å². The molecule has 1 N–H and O–H groups in total. The fraction of sp³-hybridized carbons (Fsp3) is 0.824. The molecule has 1 rings (SSSR count). The van der Waals surface area contributed by atoms with Gasteiger partial charge in [-0.1, -0.05) is 6.08 Å². The molecule has 0 aromatic carbocycles. The van der Waals surface area contributed by atoms with E-state index in [1.54, 1.807) is 27.7 Å². The molecule has 1 atom stereocenters. The largest absolute Gasteiger partial charge is 0.390 e. The van der Waals surface area contributed by atoms with Gasteiger partial charge in [-0.25, -0.2) is 0 Å². The van der Waals surface area contributed by atoms with Crippen LogP contribution in [0.2, 0.25) is 0 Å². The average Bonchev–Trinajstić information content (AvgIpc) is 2.44. The van der Waals surface area contributed by atoms with Crippen molar-refractivity contribution in [2.24, 2.45) is 0 Å². The summed E-state index contributed by atoms with van der Waals surface area (Å²) in [7, 11) is 0. The second-order valence-corrected chi connectivity index (χ2v) is 7.23. The van der Waals surface area contributed by atoms with Crippen LogP contribution in [0.15, 0.2) is 12.7 Å². The molecule has 128 valence electrons. The van der Waals surface area contributed by atoms with Crippen LogP contribution in [0.25, 0.3) is 0 Å². The molecule has 1 fully saturated rings. The molecule has 0 aromatic rings. The molecule has 5 nitrogen and oxygen atoms in total. The molecule has 1 amide bonds. The Hall–Kier alpha value is -0.910. The zero-order chi connectivity index (χ0) is 17.0. The monoisotopic (exact) mass is 312 g/mol. The molecular formula is C17H32N2O3. The van der Waals surface area contributed by atoms with Crippen molar-refractivity contribution in [3.63, 3.8) is 0 Å². The molecule has 0 spiro atoms. The molecule has 5 heteroatoms. The van der Waals surface area contributed by atoms with Gasteiger partial charge in [0, 0.05) is 32.2 Å². The quantitative estimate of drug-likeness (QED) is 0.727. The summed E-state index contributed by atoms with van der Waals surface area (Å²) < 4.78 is 5.73. The van der Waals surface area contributed by atoms with E-state index in [2.05, 4.69) is 18.4 Å². The standard InChI is InChI=1S/C17H32N2O3/c1-7-14(2)18-9-11-19(12-10-18)15(20)17(5,6)22-13-8-16(3,4)21/h7,14,21H,1,8-13H2,2-6H3. The number of carbonyl (C=O) groups excluding carboxylic acids is 1. The van der Waals surface area contributed by atoms with E-state index in [1.807, 2.05) is 11.0 Å². The van der Waals surface area contributed by atoms with Crippen LogP contribution in [-0.2, 0) is 9.53 Å². The zero-order valence-corrected chi connectivity index (χ0v) is 14.8. The van der Waals surface area contributed by atoms with Crippen LogP contribution in [-0.4, -0.2) is 70.8 Å². The summed E-state index contributed by atoms with van der Waals surface area (Å²) in [5.41, 5.74) is -1.62. The van der Waals surface area contributed by atoms with Gasteiger partial charge in [0.2, 0.25) is 0 Å². The minimum Gasteiger partial charge on any atom is -0.390 e. The SMILES string of the molecule is C=CC(C)N1CCN(C(=O)C(C)(C)OCCC(C)(C)O)CC1. The summed E-state index contributed by atoms with van der Waals surface area (Å²) in [6, 6.07) is 0.341. The number of hydrogen-bond acceptors (Lipinski definition) is 4. The second kappa shape index (κ2) is 7.57. The molecular weight excluding hydrogens is 280 g/mol. The first-order valence-corrected chi connectivity index (χ1v) is 8.09. The van der Waals surface area contributed by atoms with E-state index < -0.39 is 11.2 Å².